The third kappa shape index (κ3) is 3.57. The Labute approximate surface area is 103 Å². The first-order chi connectivity index (χ1) is 7.69. The highest BCUT2D eigenvalue weighted by Gasteiger charge is 2.13. The molecular formula is C11H15BrN2O2. The molecule has 5 heteroatoms. The van der Waals surface area contributed by atoms with Crippen molar-refractivity contribution >= 4 is 21.8 Å². The van der Waals surface area contributed by atoms with Crippen LogP contribution in [0.4, 0.5) is 0 Å². The minimum atomic E-state index is -0.0454. The summed E-state index contributed by atoms with van der Waals surface area (Å²) in [5.41, 5.74) is 0.572. The molecule has 0 aliphatic rings. The van der Waals surface area contributed by atoms with E-state index >= 15 is 0 Å². The summed E-state index contributed by atoms with van der Waals surface area (Å²) in [4.78, 5) is 17.7. The normalized spacial score (nSPS) is 10.2. The van der Waals surface area contributed by atoms with Crippen LogP contribution in [0.25, 0.3) is 0 Å². The first kappa shape index (κ1) is 13.1. The number of hydrogen-bond donors (Lipinski definition) is 1. The lowest BCUT2D eigenvalue weighted by Gasteiger charge is -2.20. The van der Waals surface area contributed by atoms with Crippen LogP contribution in [0.15, 0.2) is 22.9 Å². The van der Waals surface area contributed by atoms with Gasteiger partial charge in [-0.25, -0.2) is 4.98 Å². The number of carbonyl (C=O) groups excluding carboxylic acids is 1. The van der Waals surface area contributed by atoms with Gasteiger partial charge in [-0.15, -0.1) is 0 Å². The van der Waals surface area contributed by atoms with Crippen molar-refractivity contribution in [2.75, 3.05) is 19.7 Å². The van der Waals surface area contributed by atoms with Gasteiger partial charge in [0, 0.05) is 25.9 Å². The molecule has 0 fully saturated rings. The summed E-state index contributed by atoms with van der Waals surface area (Å²) >= 11 is 3.22. The molecule has 4 nitrogen and oxygen atoms in total. The van der Waals surface area contributed by atoms with E-state index in [1.165, 1.54) is 0 Å². The van der Waals surface area contributed by atoms with Crippen LogP contribution in [0.3, 0.4) is 0 Å². The molecule has 16 heavy (non-hydrogen) atoms. The maximum atomic E-state index is 12.0. The smallest absolute Gasteiger partial charge is 0.255 e. The van der Waals surface area contributed by atoms with Gasteiger partial charge in [-0.3, -0.25) is 4.79 Å². The molecule has 0 aromatic carbocycles. The first-order valence-electron chi connectivity index (χ1n) is 5.20. The van der Waals surface area contributed by atoms with Crippen molar-refractivity contribution in [1.29, 1.82) is 0 Å². The molecule has 0 unspecified atom stereocenters. The van der Waals surface area contributed by atoms with Crippen molar-refractivity contribution in [3.05, 3.63) is 28.5 Å². The molecule has 0 aliphatic carbocycles. The Balaban J connectivity index is 2.70. The van der Waals surface area contributed by atoms with E-state index in [2.05, 4.69) is 20.9 Å². The molecule has 0 saturated carbocycles. The van der Waals surface area contributed by atoms with Crippen molar-refractivity contribution in [2.24, 2.45) is 0 Å². The van der Waals surface area contributed by atoms with Crippen LogP contribution in [0, 0.1) is 0 Å². The lowest BCUT2D eigenvalue weighted by Crippen LogP contribution is -2.32. The Kier molecular flexibility index (Phi) is 5.42. The maximum Gasteiger partial charge on any atom is 0.255 e. The van der Waals surface area contributed by atoms with E-state index in [-0.39, 0.29) is 12.5 Å². The molecule has 0 bridgehead atoms. The summed E-state index contributed by atoms with van der Waals surface area (Å²) in [5.74, 6) is -0.0454. The van der Waals surface area contributed by atoms with Crippen LogP contribution in [0.1, 0.15) is 23.7 Å². The van der Waals surface area contributed by atoms with E-state index in [1.807, 2.05) is 6.92 Å². The van der Waals surface area contributed by atoms with E-state index in [0.29, 0.717) is 29.7 Å². The second kappa shape index (κ2) is 6.60. The number of nitrogens with zero attached hydrogens (tertiary/aromatic N) is 2. The summed E-state index contributed by atoms with van der Waals surface area (Å²) in [6.07, 6.45) is 2.15. The van der Waals surface area contributed by atoms with Crippen molar-refractivity contribution in [1.82, 2.24) is 9.88 Å². The number of aliphatic hydroxyl groups excluding tert-OH is 1. The van der Waals surface area contributed by atoms with E-state index in [4.69, 9.17) is 5.11 Å². The fourth-order valence-corrected chi connectivity index (χ4v) is 1.58. The quantitative estimate of drug-likeness (QED) is 0.838. The molecule has 0 radical (unpaired) electrons. The summed E-state index contributed by atoms with van der Waals surface area (Å²) in [7, 11) is 0. The second-order valence-corrected chi connectivity index (χ2v) is 4.14. The standard InChI is InChI=1S/C11H15BrN2O2/c1-2-14(6-3-7-15)11(16)9-4-5-10(12)13-8-9/h4-5,8,15H,2-3,6-7H2,1H3. The summed E-state index contributed by atoms with van der Waals surface area (Å²) in [5, 5.41) is 8.74. The SMILES string of the molecule is CCN(CCCO)C(=O)c1ccc(Br)nc1. The average molecular weight is 287 g/mol. The molecule has 0 aliphatic heterocycles. The molecule has 88 valence electrons. The first-order valence-corrected chi connectivity index (χ1v) is 6.00. The third-order valence-corrected chi connectivity index (χ3v) is 2.70. The van der Waals surface area contributed by atoms with E-state index in [9.17, 15) is 4.79 Å². The van der Waals surface area contributed by atoms with Gasteiger partial charge in [-0.2, -0.15) is 0 Å². The Morgan fingerprint density at radius 1 is 1.56 bits per heavy atom. The van der Waals surface area contributed by atoms with Gasteiger partial charge in [0.1, 0.15) is 4.60 Å². The Morgan fingerprint density at radius 3 is 2.81 bits per heavy atom. The Hall–Kier alpha value is -0.940. The van der Waals surface area contributed by atoms with Gasteiger partial charge in [0.2, 0.25) is 0 Å². The molecule has 0 saturated heterocycles. The number of hydrogen-bond acceptors (Lipinski definition) is 3. The minimum Gasteiger partial charge on any atom is -0.396 e. The van der Waals surface area contributed by atoms with Gasteiger partial charge >= 0.3 is 0 Å². The van der Waals surface area contributed by atoms with Crippen LogP contribution >= 0.6 is 15.9 Å². The van der Waals surface area contributed by atoms with Gasteiger partial charge < -0.3 is 10.0 Å². The van der Waals surface area contributed by atoms with E-state index < -0.39 is 0 Å². The Bertz CT molecular complexity index is 340. The molecule has 0 spiro atoms. The van der Waals surface area contributed by atoms with Gasteiger partial charge in [-0.05, 0) is 41.4 Å². The number of amides is 1. The monoisotopic (exact) mass is 286 g/mol. The zero-order chi connectivity index (χ0) is 12.0. The number of carbonyl (C=O) groups is 1. The number of rotatable bonds is 5. The van der Waals surface area contributed by atoms with Crippen molar-refractivity contribution < 1.29 is 9.90 Å². The highest BCUT2D eigenvalue weighted by Crippen LogP contribution is 2.09. The fourth-order valence-electron chi connectivity index (χ4n) is 1.35. The molecular weight excluding hydrogens is 272 g/mol. The van der Waals surface area contributed by atoms with Crippen molar-refractivity contribution in [3.63, 3.8) is 0 Å². The highest BCUT2D eigenvalue weighted by atomic mass is 79.9. The number of aromatic nitrogens is 1. The number of halogens is 1. The predicted octanol–water partition coefficient (Wildman–Crippen LogP) is 1.69. The van der Waals surface area contributed by atoms with Crippen LogP contribution in [0.5, 0.6) is 0 Å². The lowest BCUT2D eigenvalue weighted by molar-refractivity contribution is 0.0754. The maximum absolute atomic E-state index is 12.0. The molecule has 1 aromatic heterocycles. The molecule has 1 amide bonds. The van der Waals surface area contributed by atoms with Gasteiger partial charge in [0.25, 0.3) is 5.91 Å². The van der Waals surface area contributed by atoms with Crippen LogP contribution < -0.4 is 0 Å². The van der Waals surface area contributed by atoms with E-state index in [1.54, 1.807) is 23.2 Å². The summed E-state index contributed by atoms with van der Waals surface area (Å²) < 4.78 is 0.711. The summed E-state index contributed by atoms with van der Waals surface area (Å²) in [6, 6.07) is 3.48. The zero-order valence-corrected chi connectivity index (χ0v) is 10.8. The van der Waals surface area contributed by atoms with Crippen LogP contribution in [-0.2, 0) is 0 Å². The van der Waals surface area contributed by atoms with Crippen molar-refractivity contribution in [2.45, 2.75) is 13.3 Å². The highest BCUT2D eigenvalue weighted by molar-refractivity contribution is 9.10. The summed E-state index contributed by atoms with van der Waals surface area (Å²) in [6.45, 7) is 3.22. The second-order valence-electron chi connectivity index (χ2n) is 3.33. The third-order valence-electron chi connectivity index (χ3n) is 2.23. The van der Waals surface area contributed by atoms with Crippen molar-refractivity contribution in [3.8, 4) is 0 Å². The van der Waals surface area contributed by atoms with Gasteiger partial charge in [0.05, 0.1) is 5.56 Å². The Morgan fingerprint density at radius 2 is 2.31 bits per heavy atom. The molecule has 1 aromatic rings. The van der Waals surface area contributed by atoms with Gasteiger partial charge in [-0.1, -0.05) is 0 Å². The van der Waals surface area contributed by atoms with Crippen LogP contribution in [0.2, 0.25) is 0 Å². The average Bonchev–Trinajstić information content (AvgIpc) is 2.30. The van der Waals surface area contributed by atoms with Gasteiger partial charge in [0.15, 0.2) is 0 Å². The number of aliphatic hydroxyl groups is 1. The predicted molar refractivity (Wildman–Crippen MR) is 65.2 cm³/mol. The largest absolute Gasteiger partial charge is 0.396 e. The molecule has 1 N–H and O–H groups in total. The van der Waals surface area contributed by atoms with Crippen LogP contribution in [-0.4, -0.2) is 40.6 Å². The molecule has 1 rings (SSSR count). The number of pyridine rings is 1. The lowest BCUT2D eigenvalue weighted by atomic mass is 10.2. The topological polar surface area (TPSA) is 53.4 Å². The fraction of sp³-hybridized carbons (Fsp3) is 0.455. The molecule has 1 heterocycles. The minimum absolute atomic E-state index is 0.0454. The van der Waals surface area contributed by atoms with E-state index in [0.717, 1.165) is 0 Å². The molecule has 0 atom stereocenters. The zero-order valence-electron chi connectivity index (χ0n) is 9.19.